The summed E-state index contributed by atoms with van der Waals surface area (Å²) in [5.41, 5.74) is 6.67. The van der Waals surface area contributed by atoms with Gasteiger partial charge >= 0.3 is 0 Å². The van der Waals surface area contributed by atoms with Crippen LogP contribution in [0.5, 0.6) is 0 Å². The monoisotopic (exact) mass is 403 g/mol. The Balaban J connectivity index is 1.46. The zero-order valence-electron chi connectivity index (χ0n) is 16.0. The number of nitrogens with one attached hydrogen (secondary N) is 1. The minimum absolute atomic E-state index is 0.168. The predicted octanol–water partition coefficient (Wildman–Crippen LogP) is 3.67. The summed E-state index contributed by atoms with van der Waals surface area (Å²) in [5, 5.41) is 4.85. The zero-order chi connectivity index (χ0) is 20.1. The lowest BCUT2D eigenvalue weighted by molar-refractivity contribution is -0.118. The number of hydrogen-bond donors (Lipinski definition) is 1. The van der Waals surface area contributed by atoms with Crippen LogP contribution in [-0.2, 0) is 18.4 Å². The fraction of sp³-hybridized carbons (Fsp3) is 0.136. The molecule has 0 aliphatic heterocycles. The molecule has 0 saturated carbocycles. The minimum atomic E-state index is -0.168. The third kappa shape index (κ3) is 4.57. The van der Waals surface area contributed by atoms with Crippen LogP contribution in [0.2, 0.25) is 0 Å². The van der Waals surface area contributed by atoms with Crippen LogP contribution in [-0.4, -0.2) is 32.0 Å². The van der Waals surface area contributed by atoms with Gasteiger partial charge in [-0.25, -0.2) is 10.4 Å². The van der Waals surface area contributed by atoms with E-state index in [1.54, 1.807) is 6.21 Å². The number of nitrogens with zero attached hydrogens (tertiary/aromatic N) is 4. The lowest BCUT2D eigenvalue weighted by atomic mass is 10.2. The van der Waals surface area contributed by atoms with Crippen molar-refractivity contribution in [3.8, 4) is 0 Å². The number of aromatic nitrogens is 3. The molecule has 2 aromatic heterocycles. The normalized spacial score (nSPS) is 11.3. The minimum Gasteiger partial charge on any atom is -0.350 e. The molecule has 146 valence electrons. The molecule has 2 aromatic carbocycles. The molecule has 4 aromatic rings. The highest BCUT2D eigenvalue weighted by atomic mass is 32.2. The van der Waals surface area contributed by atoms with Gasteiger partial charge in [0.15, 0.2) is 5.16 Å². The number of carbonyl (C=O) groups is 1. The Morgan fingerprint density at radius 2 is 1.90 bits per heavy atom. The van der Waals surface area contributed by atoms with Crippen molar-refractivity contribution in [3.05, 3.63) is 84.2 Å². The number of hydrazone groups is 1. The van der Waals surface area contributed by atoms with Crippen LogP contribution < -0.4 is 5.43 Å². The summed E-state index contributed by atoms with van der Waals surface area (Å²) in [5.74, 6) is 0.0709. The van der Waals surface area contributed by atoms with Crippen LogP contribution in [0, 0.1) is 0 Å². The molecule has 0 aliphatic rings. The molecular formula is C22H21N5OS. The van der Waals surface area contributed by atoms with E-state index in [0.29, 0.717) is 6.54 Å². The Morgan fingerprint density at radius 1 is 1.10 bits per heavy atom. The molecule has 0 unspecified atom stereocenters. The summed E-state index contributed by atoms with van der Waals surface area (Å²) >= 11 is 1.41. The van der Waals surface area contributed by atoms with E-state index in [1.807, 2.05) is 66.3 Å². The fourth-order valence-corrected chi connectivity index (χ4v) is 3.83. The van der Waals surface area contributed by atoms with Crippen LogP contribution in [0.1, 0.15) is 11.3 Å². The van der Waals surface area contributed by atoms with Gasteiger partial charge < -0.3 is 9.13 Å². The molecule has 1 N–H and O–H groups in total. The highest BCUT2D eigenvalue weighted by molar-refractivity contribution is 7.99. The number of carbonyl (C=O) groups excluding carboxylic acids is 1. The van der Waals surface area contributed by atoms with E-state index in [4.69, 9.17) is 4.98 Å². The largest absolute Gasteiger partial charge is 0.350 e. The van der Waals surface area contributed by atoms with E-state index in [9.17, 15) is 4.79 Å². The Bertz CT molecular complexity index is 1150. The molecule has 6 nitrogen and oxygen atoms in total. The SMILES string of the molecule is Cn1cccc1C=NNC(=O)CSc1nc2ccccc2n1Cc1ccccc1. The second-order valence-electron chi connectivity index (χ2n) is 6.58. The Hall–Kier alpha value is -3.32. The van der Waals surface area contributed by atoms with Gasteiger partial charge in [-0.1, -0.05) is 54.2 Å². The summed E-state index contributed by atoms with van der Waals surface area (Å²) in [7, 11) is 1.93. The second-order valence-corrected chi connectivity index (χ2v) is 7.52. The van der Waals surface area contributed by atoms with Crippen molar-refractivity contribution in [1.82, 2.24) is 19.5 Å². The first-order valence-electron chi connectivity index (χ1n) is 9.26. The molecule has 0 radical (unpaired) electrons. The van der Waals surface area contributed by atoms with E-state index < -0.39 is 0 Å². The highest BCUT2D eigenvalue weighted by Gasteiger charge is 2.13. The van der Waals surface area contributed by atoms with Gasteiger partial charge in [0, 0.05) is 13.2 Å². The van der Waals surface area contributed by atoms with Gasteiger partial charge in [0.25, 0.3) is 5.91 Å². The number of imidazole rings is 1. The number of amides is 1. The molecule has 0 atom stereocenters. The maximum absolute atomic E-state index is 12.2. The first kappa shape index (κ1) is 19.0. The molecule has 0 bridgehead atoms. The molecule has 0 fully saturated rings. The summed E-state index contributed by atoms with van der Waals surface area (Å²) in [6.07, 6.45) is 3.56. The molecule has 7 heteroatoms. The van der Waals surface area contributed by atoms with Crippen LogP contribution in [0.3, 0.4) is 0 Å². The van der Waals surface area contributed by atoms with Crippen molar-refractivity contribution in [1.29, 1.82) is 0 Å². The van der Waals surface area contributed by atoms with Gasteiger partial charge in [0.05, 0.1) is 35.2 Å². The van der Waals surface area contributed by atoms with E-state index in [-0.39, 0.29) is 11.7 Å². The van der Waals surface area contributed by atoms with Crippen molar-refractivity contribution in [2.24, 2.45) is 12.1 Å². The number of hydrogen-bond acceptors (Lipinski definition) is 4. The molecule has 0 spiro atoms. The van der Waals surface area contributed by atoms with Crippen LogP contribution in [0.25, 0.3) is 11.0 Å². The lowest BCUT2D eigenvalue weighted by Gasteiger charge is -2.09. The van der Waals surface area contributed by atoms with Crippen molar-refractivity contribution >= 4 is 34.9 Å². The summed E-state index contributed by atoms with van der Waals surface area (Å²) in [6, 6.07) is 22.1. The number of thioether (sulfide) groups is 1. The first-order valence-corrected chi connectivity index (χ1v) is 10.2. The van der Waals surface area contributed by atoms with Gasteiger partial charge in [-0.05, 0) is 29.8 Å². The Labute approximate surface area is 173 Å². The number of rotatable bonds is 7. The van der Waals surface area contributed by atoms with Gasteiger partial charge in [-0.2, -0.15) is 5.10 Å². The lowest BCUT2D eigenvalue weighted by Crippen LogP contribution is -2.20. The summed E-state index contributed by atoms with van der Waals surface area (Å²) in [4.78, 5) is 16.9. The van der Waals surface area contributed by atoms with Crippen molar-refractivity contribution < 1.29 is 4.79 Å². The maximum Gasteiger partial charge on any atom is 0.250 e. The van der Waals surface area contributed by atoms with Crippen LogP contribution in [0.15, 0.2) is 83.2 Å². The maximum atomic E-state index is 12.2. The summed E-state index contributed by atoms with van der Waals surface area (Å²) < 4.78 is 4.08. The van der Waals surface area contributed by atoms with E-state index in [0.717, 1.165) is 21.9 Å². The van der Waals surface area contributed by atoms with Crippen LogP contribution >= 0.6 is 11.8 Å². The van der Waals surface area contributed by atoms with E-state index in [2.05, 4.69) is 33.3 Å². The smallest absolute Gasteiger partial charge is 0.250 e. The number of aryl methyl sites for hydroxylation is 1. The number of para-hydroxylation sites is 2. The van der Waals surface area contributed by atoms with Gasteiger partial charge in [0.1, 0.15) is 0 Å². The Morgan fingerprint density at radius 3 is 2.69 bits per heavy atom. The summed E-state index contributed by atoms with van der Waals surface area (Å²) in [6.45, 7) is 0.705. The standard InChI is InChI=1S/C22H21N5OS/c1-26-13-7-10-18(26)14-23-25-21(28)16-29-22-24-19-11-5-6-12-20(19)27(22)15-17-8-3-2-4-9-17/h2-14H,15-16H2,1H3,(H,25,28). The molecule has 0 aliphatic carbocycles. The van der Waals surface area contributed by atoms with Gasteiger partial charge in [-0.3, -0.25) is 4.79 Å². The zero-order valence-corrected chi connectivity index (χ0v) is 16.8. The van der Waals surface area contributed by atoms with Crippen molar-refractivity contribution in [2.75, 3.05) is 5.75 Å². The molecule has 2 heterocycles. The first-order chi connectivity index (χ1) is 14.2. The van der Waals surface area contributed by atoms with Crippen molar-refractivity contribution in [3.63, 3.8) is 0 Å². The van der Waals surface area contributed by atoms with E-state index >= 15 is 0 Å². The Kier molecular flexibility index (Phi) is 5.76. The third-order valence-electron chi connectivity index (χ3n) is 4.51. The van der Waals surface area contributed by atoms with E-state index in [1.165, 1.54) is 17.3 Å². The van der Waals surface area contributed by atoms with Gasteiger partial charge in [-0.15, -0.1) is 0 Å². The fourth-order valence-electron chi connectivity index (χ4n) is 3.02. The quantitative estimate of drug-likeness (QED) is 0.291. The molecular weight excluding hydrogens is 382 g/mol. The second kappa shape index (κ2) is 8.79. The highest BCUT2D eigenvalue weighted by Crippen LogP contribution is 2.25. The van der Waals surface area contributed by atoms with Crippen LogP contribution in [0.4, 0.5) is 0 Å². The molecule has 29 heavy (non-hydrogen) atoms. The predicted molar refractivity (Wildman–Crippen MR) is 117 cm³/mol. The molecule has 4 rings (SSSR count). The topological polar surface area (TPSA) is 64.2 Å². The molecule has 1 amide bonds. The number of fused-ring (bicyclic) bond motifs is 1. The third-order valence-corrected chi connectivity index (χ3v) is 5.48. The van der Waals surface area contributed by atoms with Crippen molar-refractivity contribution in [2.45, 2.75) is 11.7 Å². The molecule has 0 saturated heterocycles. The van der Waals surface area contributed by atoms with Gasteiger partial charge in [0.2, 0.25) is 0 Å². The average Bonchev–Trinajstić information content (AvgIpc) is 3.31. The number of benzene rings is 2. The average molecular weight is 404 g/mol.